The fourth-order valence-electron chi connectivity index (χ4n) is 3.64. The number of rotatable bonds is 6. The van der Waals surface area contributed by atoms with Gasteiger partial charge in [0.25, 0.3) is 5.91 Å². The molecule has 0 unspecified atom stereocenters. The number of amides is 1. The van der Waals surface area contributed by atoms with Crippen LogP contribution in [0.1, 0.15) is 23.2 Å². The Morgan fingerprint density at radius 2 is 1.90 bits per heavy atom. The second-order valence-corrected chi connectivity index (χ2v) is 10.5. The van der Waals surface area contributed by atoms with Crippen molar-refractivity contribution in [3.63, 3.8) is 0 Å². The van der Waals surface area contributed by atoms with Crippen LogP contribution in [0.5, 0.6) is 5.75 Å². The predicted molar refractivity (Wildman–Crippen MR) is 121 cm³/mol. The van der Waals surface area contributed by atoms with Crippen LogP contribution in [0.3, 0.4) is 0 Å². The summed E-state index contributed by atoms with van der Waals surface area (Å²) >= 11 is 7.64. The third kappa shape index (κ3) is 4.64. The van der Waals surface area contributed by atoms with Crippen LogP contribution in [0.2, 0.25) is 5.02 Å². The molecule has 7 nitrogen and oxygen atoms in total. The summed E-state index contributed by atoms with van der Waals surface area (Å²) in [5.41, 5.74) is 1.11. The number of piperidine rings is 1. The monoisotopic (exact) mass is 479 g/mol. The molecule has 3 heterocycles. The van der Waals surface area contributed by atoms with E-state index in [1.54, 1.807) is 34.5 Å². The molecular formula is C21H22ClN3O4S2. The van der Waals surface area contributed by atoms with E-state index in [1.165, 1.54) is 18.4 Å². The number of ether oxygens (including phenoxy) is 1. The minimum atomic E-state index is -3.52. The highest BCUT2D eigenvalue weighted by atomic mass is 35.5. The van der Waals surface area contributed by atoms with Gasteiger partial charge in [-0.05, 0) is 42.5 Å². The molecule has 1 aromatic carbocycles. The first-order valence-electron chi connectivity index (χ1n) is 9.75. The lowest BCUT2D eigenvalue weighted by molar-refractivity contribution is 0.0708. The van der Waals surface area contributed by atoms with E-state index in [1.807, 2.05) is 29.1 Å². The molecule has 1 aliphatic rings. The van der Waals surface area contributed by atoms with E-state index < -0.39 is 10.0 Å². The van der Waals surface area contributed by atoms with Crippen LogP contribution < -0.4 is 9.46 Å². The topological polar surface area (TPSA) is 80.6 Å². The number of hydrogen-bond acceptors (Lipinski definition) is 5. The first kappa shape index (κ1) is 21.9. The van der Waals surface area contributed by atoms with Crippen molar-refractivity contribution in [3.05, 3.63) is 64.8 Å². The maximum atomic E-state index is 13.2. The smallest absolute Gasteiger partial charge is 0.257 e. The van der Waals surface area contributed by atoms with Crippen LogP contribution >= 0.6 is 22.9 Å². The maximum absolute atomic E-state index is 13.2. The average molecular weight is 480 g/mol. The Balaban J connectivity index is 1.46. The maximum Gasteiger partial charge on any atom is 0.257 e. The van der Waals surface area contributed by atoms with E-state index in [0.717, 1.165) is 5.69 Å². The molecular weight excluding hydrogens is 458 g/mol. The Bertz CT molecular complexity index is 1150. The minimum absolute atomic E-state index is 0.183. The van der Waals surface area contributed by atoms with E-state index in [0.29, 0.717) is 46.5 Å². The number of benzene rings is 1. The molecule has 1 saturated heterocycles. The number of carbonyl (C=O) groups is 1. The number of nitrogens with zero attached hydrogens (tertiary/aromatic N) is 2. The van der Waals surface area contributed by atoms with Gasteiger partial charge in [0.15, 0.2) is 0 Å². The van der Waals surface area contributed by atoms with Crippen LogP contribution in [0.25, 0.3) is 5.69 Å². The Hall–Kier alpha value is -2.33. The highest BCUT2D eigenvalue weighted by Crippen LogP contribution is 2.31. The number of thiophene rings is 1. The molecule has 1 fully saturated rings. The van der Waals surface area contributed by atoms with E-state index in [-0.39, 0.29) is 11.9 Å². The lowest BCUT2D eigenvalue weighted by Crippen LogP contribution is -2.46. The molecule has 3 aromatic rings. The minimum Gasteiger partial charge on any atom is -0.496 e. The van der Waals surface area contributed by atoms with Crippen molar-refractivity contribution in [1.29, 1.82) is 0 Å². The molecule has 0 spiro atoms. The van der Waals surface area contributed by atoms with Crippen molar-refractivity contribution in [2.75, 3.05) is 20.2 Å². The van der Waals surface area contributed by atoms with Gasteiger partial charge in [-0.3, -0.25) is 4.79 Å². The zero-order valence-electron chi connectivity index (χ0n) is 16.8. The van der Waals surface area contributed by atoms with Gasteiger partial charge in [0.05, 0.1) is 23.4 Å². The first-order chi connectivity index (χ1) is 14.9. The van der Waals surface area contributed by atoms with Gasteiger partial charge in [0, 0.05) is 37.6 Å². The summed E-state index contributed by atoms with van der Waals surface area (Å²) in [6.07, 6.45) is 4.80. The van der Waals surface area contributed by atoms with Crippen molar-refractivity contribution in [1.82, 2.24) is 14.2 Å². The van der Waals surface area contributed by atoms with Crippen molar-refractivity contribution < 1.29 is 17.9 Å². The van der Waals surface area contributed by atoms with Crippen molar-refractivity contribution >= 4 is 38.9 Å². The van der Waals surface area contributed by atoms with Gasteiger partial charge < -0.3 is 14.2 Å². The summed E-state index contributed by atoms with van der Waals surface area (Å²) < 4.78 is 35.2. The number of halogens is 1. The highest BCUT2D eigenvalue weighted by molar-refractivity contribution is 7.91. The number of nitrogens with one attached hydrogen (secondary N) is 1. The zero-order valence-corrected chi connectivity index (χ0v) is 19.2. The van der Waals surface area contributed by atoms with Gasteiger partial charge in [-0.15, -0.1) is 11.3 Å². The van der Waals surface area contributed by atoms with Crippen LogP contribution in [0, 0.1) is 0 Å². The summed E-state index contributed by atoms with van der Waals surface area (Å²) in [6.45, 7) is 0.882. The van der Waals surface area contributed by atoms with Gasteiger partial charge >= 0.3 is 0 Å². The third-order valence-corrected chi connectivity index (χ3v) is 8.47. The fourth-order valence-corrected chi connectivity index (χ4v) is 6.21. The second-order valence-electron chi connectivity index (χ2n) is 7.21. The number of likely N-dealkylation sites (tertiary alicyclic amines) is 1. The molecule has 31 heavy (non-hydrogen) atoms. The molecule has 0 bridgehead atoms. The number of methoxy groups -OCH3 is 1. The van der Waals surface area contributed by atoms with Gasteiger partial charge in [-0.2, -0.15) is 0 Å². The van der Waals surface area contributed by atoms with Crippen molar-refractivity contribution in [3.8, 4) is 11.4 Å². The summed E-state index contributed by atoms with van der Waals surface area (Å²) in [6, 6.07) is 10.2. The highest BCUT2D eigenvalue weighted by Gasteiger charge is 2.29. The quantitative estimate of drug-likeness (QED) is 0.583. The van der Waals surface area contributed by atoms with E-state index in [4.69, 9.17) is 16.3 Å². The molecule has 0 aliphatic carbocycles. The molecule has 0 atom stereocenters. The Morgan fingerprint density at radius 3 is 2.52 bits per heavy atom. The molecule has 1 aliphatic heterocycles. The molecule has 1 amide bonds. The predicted octanol–water partition coefficient (Wildman–Crippen LogP) is 3.78. The molecule has 0 radical (unpaired) electrons. The van der Waals surface area contributed by atoms with E-state index in [9.17, 15) is 13.2 Å². The largest absolute Gasteiger partial charge is 0.496 e. The first-order valence-corrected chi connectivity index (χ1v) is 12.5. The van der Waals surface area contributed by atoms with Crippen LogP contribution in [-0.4, -0.2) is 50.0 Å². The lowest BCUT2D eigenvalue weighted by atomic mass is 10.0. The molecule has 164 valence electrons. The second kappa shape index (κ2) is 9.04. The number of sulfonamides is 1. The molecule has 4 rings (SSSR count). The van der Waals surface area contributed by atoms with Crippen LogP contribution in [0.4, 0.5) is 0 Å². The van der Waals surface area contributed by atoms with Crippen molar-refractivity contribution in [2.45, 2.75) is 23.1 Å². The average Bonchev–Trinajstić information content (AvgIpc) is 3.48. The SMILES string of the molecule is COc1cc(-n2cccc2)c(Cl)cc1C(=O)N1CCC(NS(=O)(=O)c2cccs2)CC1. The van der Waals surface area contributed by atoms with Crippen molar-refractivity contribution in [2.24, 2.45) is 0 Å². The van der Waals surface area contributed by atoms with Crippen LogP contribution in [0.15, 0.2) is 58.4 Å². The standard InChI is InChI=1S/C21H22ClN3O4S2/c1-29-19-14-18(24-8-2-3-9-24)17(22)13-16(19)21(26)25-10-6-15(7-11-25)23-31(27,28)20-5-4-12-30-20/h2-5,8-9,12-15,23H,6-7,10-11H2,1H3. The summed E-state index contributed by atoms with van der Waals surface area (Å²) in [5, 5.41) is 2.18. The van der Waals surface area contributed by atoms with E-state index >= 15 is 0 Å². The van der Waals surface area contributed by atoms with Gasteiger partial charge in [-0.1, -0.05) is 17.7 Å². The number of aromatic nitrogens is 1. The lowest BCUT2D eigenvalue weighted by Gasteiger charge is -2.32. The summed E-state index contributed by atoms with van der Waals surface area (Å²) in [4.78, 5) is 14.9. The number of carbonyl (C=O) groups excluding carboxylic acids is 1. The molecule has 0 saturated carbocycles. The zero-order chi connectivity index (χ0) is 22.0. The Labute approximate surface area is 190 Å². The molecule has 10 heteroatoms. The fraction of sp³-hybridized carbons (Fsp3) is 0.286. The third-order valence-electron chi connectivity index (χ3n) is 5.25. The van der Waals surface area contributed by atoms with Gasteiger partial charge in [0.2, 0.25) is 10.0 Å². The van der Waals surface area contributed by atoms with E-state index in [2.05, 4.69) is 4.72 Å². The Kier molecular flexibility index (Phi) is 6.38. The Morgan fingerprint density at radius 1 is 1.19 bits per heavy atom. The summed E-state index contributed by atoms with van der Waals surface area (Å²) in [5.74, 6) is 0.260. The summed E-state index contributed by atoms with van der Waals surface area (Å²) in [7, 11) is -2.00. The van der Waals surface area contributed by atoms with Gasteiger partial charge in [-0.25, -0.2) is 13.1 Å². The van der Waals surface area contributed by atoms with Gasteiger partial charge in [0.1, 0.15) is 9.96 Å². The number of hydrogen-bond donors (Lipinski definition) is 1. The van der Waals surface area contributed by atoms with Crippen LogP contribution in [-0.2, 0) is 10.0 Å². The normalized spacial score (nSPS) is 15.2. The molecule has 1 N–H and O–H groups in total. The molecule has 2 aromatic heterocycles.